The number of likely N-dealkylation sites (tertiary alicyclic amines) is 1. The summed E-state index contributed by atoms with van der Waals surface area (Å²) in [5.74, 6) is 0.561. The van der Waals surface area contributed by atoms with Crippen molar-refractivity contribution < 1.29 is 18.7 Å². The van der Waals surface area contributed by atoms with Gasteiger partial charge < -0.3 is 14.4 Å². The number of aromatic nitrogens is 1. The van der Waals surface area contributed by atoms with Crippen LogP contribution in [0.1, 0.15) is 12.0 Å². The number of carbonyl (C=O) groups is 1. The van der Waals surface area contributed by atoms with E-state index in [9.17, 15) is 9.18 Å². The molecule has 4 rings (SSSR count). The van der Waals surface area contributed by atoms with Gasteiger partial charge in [0.1, 0.15) is 24.0 Å². The number of benzene rings is 2. The lowest BCUT2D eigenvalue weighted by molar-refractivity contribution is 0.0153. The number of nitrogens with zero attached hydrogens (tertiary/aromatic N) is 2. The van der Waals surface area contributed by atoms with Crippen molar-refractivity contribution in [3.63, 3.8) is 0 Å². The summed E-state index contributed by atoms with van der Waals surface area (Å²) in [7, 11) is 0. The number of ether oxygens (including phenoxy) is 2. The number of amides is 1. The van der Waals surface area contributed by atoms with Gasteiger partial charge in [-0.2, -0.15) is 0 Å². The smallest absolute Gasteiger partial charge is 0.410 e. The molecule has 1 aliphatic heterocycles. The zero-order chi connectivity index (χ0) is 19.3. The normalized spacial score (nSPS) is 19.4. The highest BCUT2D eigenvalue weighted by Gasteiger charge is 2.34. The van der Waals surface area contributed by atoms with Gasteiger partial charge in [-0.15, -0.1) is 0 Å². The van der Waals surface area contributed by atoms with Gasteiger partial charge in [-0.05, 0) is 17.7 Å². The van der Waals surface area contributed by atoms with Crippen LogP contribution in [0.15, 0.2) is 66.9 Å². The second-order valence-corrected chi connectivity index (χ2v) is 6.78. The molecular weight excluding hydrogens is 359 g/mol. The van der Waals surface area contributed by atoms with Gasteiger partial charge in [0.05, 0.1) is 6.54 Å². The third-order valence-electron chi connectivity index (χ3n) is 4.82. The first kappa shape index (κ1) is 18.2. The average molecular weight is 380 g/mol. The minimum Gasteiger partial charge on any atom is -0.485 e. The third kappa shape index (κ3) is 4.06. The Morgan fingerprint density at radius 3 is 2.75 bits per heavy atom. The van der Waals surface area contributed by atoms with Crippen molar-refractivity contribution in [1.82, 2.24) is 9.88 Å². The molecule has 0 bridgehead atoms. The van der Waals surface area contributed by atoms with Gasteiger partial charge in [-0.25, -0.2) is 9.18 Å². The first-order valence-corrected chi connectivity index (χ1v) is 9.31. The van der Waals surface area contributed by atoms with Crippen LogP contribution in [-0.4, -0.2) is 41.3 Å². The predicted molar refractivity (Wildman–Crippen MR) is 104 cm³/mol. The van der Waals surface area contributed by atoms with Crippen LogP contribution in [0.5, 0.6) is 5.75 Å². The van der Waals surface area contributed by atoms with E-state index >= 15 is 0 Å². The first-order valence-electron chi connectivity index (χ1n) is 9.31. The van der Waals surface area contributed by atoms with E-state index in [1.807, 2.05) is 54.6 Å². The summed E-state index contributed by atoms with van der Waals surface area (Å²) in [6.07, 6.45) is -0.335. The Hall–Kier alpha value is -3.15. The zero-order valence-corrected chi connectivity index (χ0v) is 15.3. The van der Waals surface area contributed by atoms with E-state index < -0.39 is 18.4 Å². The van der Waals surface area contributed by atoms with Crippen LogP contribution in [0, 0.1) is 0 Å². The van der Waals surface area contributed by atoms with Crippen molar-refractivity contribution >= 4 is 17.0 Å². The Bertz CT molecular complexity index is 945. The van der Waals surface area contributed by atoms with Gasteiger partial charge in [0.25, 0.3) is 0 Å². The molecule has 28 heavy (non-hydrogen) atoms. The van der Waals surface area contributed by atoms with Crippen molar-refractivity contribution in [1.29, 1.82) is 0 Å². The van der Waals surface area contributed by atoms with Crippen LogP contribution in [0.25, 0.3) is 10.9 Å². The lowest BCUT2D eigenvalue weighted by atomic mass is 10.1. The number of carbonyl (C=O) groups excluding carboxylic acids is 1. The van der Waals surface area contributed by atoms with Crippen molar-refractivity contribution in [3.05, 3.63) is 72.4 Å². The van der Waals surface area contributed by atoms with E-state index in [1.165, 1.54) is 4.90 Å². The molecule has 5 nitrogen and oxygen atoms in total. The molecule has 0 aliphatic carbocycles. The number of hydrogen-bond donors (Lipinski definition) is 0. The largest absolute Gasteiger partial charge is 0.485 e. The maximum Gasteiger partial charge on any atom is 0.410 e. The Morgan fingerprint density at radius 1 is 1.11 bits per heavy atom. The van der Waals surface area contributed by atoms with E-state index in [1.54, 1.807) is 12.3 Å². The minimum absolute atomic E-state index is 0.0452. The Kier molecular flexibility index (Phi) is 5.37. The monoisotopic (exact) mass is 380 g/mol. The van der Waals surface area contributed by atoms with Crippen LogP contribution in [0.3, 0.4) is 0 Å². The molecule has 2 heterocycles. The summed E-state index contributed by atoms with van der Waals surface area (Å²) >= 11 is 0. The van der Waals surface area contributed by atoms with Gasteiger partial charge in [0, 0.05) is 24.5 Å². The molecule has 1 aromatic heterocycles. The Morgan fingerprint density at radius 2 is 1.93 bits per heavy atom. The molecule has 2 unspecified atom stereocenters. The fourth-order valence-corrected chi connectivity index (χ4v) is 3.33. The molecule has 6 heteroatoms. The van der Waals surface area contributed by atoms with E-state index in [-0.39, 0.29) is 13.2 Å². The topological polar surface area (TPSA) is 51.7 Å². The summed E-state index contributed by atoms with van der Waals surface area (Å²) < 4.78 is 25.9. The Labute approximate surface area is 162 Å². The van der Waals surface area contributed by atoms with Crippen molar-refractivity contribution in [2.24, 2.45) is 0 Å². The fourth-order valence-electron chi connectivity index (χ4n) is 3.33. The number of hydrogen-bond acceptors (Lipinski definition) is 4. The van der Waals surface area contributed by atoms with Crippen LogP contribution >= 0.6 is 0 Å². The highest BCUT2D eigenvalue weighted by Crippen LogP contribution is 2.27. The summed E-state index contributed by atoms with van der Waals surface area (Å²) in [6, 6.07) is 18.8. The number of halogens is 1. The fraction of sp³-hybridized carbons (Fsp3) is 0.273. The third-order valence-corrected chi connectivity index (χ3v) is 4.82. The highest BCUT2D eigenvalue weighted by atomic mass is 19.1. The van der Waals surface area contributed by atoms with Crippen LogP contribution in [0.2, 0.25) is 0 Å². The highest BCUT2D eigenvalue weighted by molar-refractivity contribution is 5.84. The number of alkyl halides is 1. The van der Waals surface area contributed by atoms with E-state index in [0.717, 1.165) is 10.9 Å². The number of pyridine rings is 1. The molecule has 0 radical (unpaired) electrons. The molecular formula is C22H21FN2O3. The number of piperidine rings is 1. The van der Waals surface area contributed by atoms with Gasteiger partial charge in [0.15, 0.2) is 6.17 Å². The number of rotatable bonds is 4. The maximum atomic E-state index is 14.7. The SMILES string of the molecule is O=C(OCc1ccccc1)N1CCC(Oc2cccc3cccnc23)C(F)C1. The molecule has 0 N–H and O–H groups in total. The molecule has 1 amide bonds. The van der Waals surface area contributed by atoms with E-state index in [0.29, 0.717) is 24.2 Å². The molecule has 3 aromatic rings. The van der Waals surface area contributed by atoms with Crippen LogP contribution in [0.4, 0.5) is 9.18 Å². The summed E-state index contributed by atoms with van der Waals surface area (Å²) in [5, 5.41) is 0.942. The minimum atomic E-state index is -1.29. The van der Waals surface area contributed by atoms with Crippen molar-refractivity contribution in [3.8, 4) is 5.75 Å². The molecule has 0 saturated carbocycles. The molecule has 2 atom stereocenters. The molecule has 1 fully saturated rings. The van der Waals surface area contributed by atoms with E-state index in [2.05, 4.69) is 4.98 Å². The zero-order valence-electron chi connectivity index (χ0n) is 15.3. The van der Waals surface area contributed by atoms with Crippen LogP contribution in [-0.2, 0) is 11.3 Å². The quantitative estimate of drug-likeness (QED) is 0.675. The molecule has 0 spiro atoms. The molecule has 1 saturated heterocycles. The van der Waals surface area contributed by atoms with Gasteiger partial charge in [-0.3, -0.25) is 4.98 Å². The van der Waals surface area contributed by atoms with Crippen molar-refractivity contribution in [2.45, 2.75) is 25.3 Å². The number of fused-ring (bicyclic) bond motifs is 1. The lowest BCUT2D eigenvalue weighted by Gasteiger charge is -2.34. The van der Waals surface area contributed by atoms with Crippen LogP contribution < -0.4 is 4.74 Å². The standard InChI is InChI=1S/C22H21FN2O3/c23-18-14-25(22(26)27-15-16-6-2-1-3-7-16)13-11-19(18)28-20-10-4-8-17-9-5-12-24-21(17)20/h1-10,12,18-19H,11,13-15H2. The summed E-state index contributed by atoms with van der Waals surface area (Å²) in [5.41, 5.74) is 1.61. The van der Waals surface area contributed by atoms with Gasteiger partial charge >= 0.3 is 6.09 Å². The predicted octanol–water partition coefficient (Wildman–Crippen LogP) is 4.36. The van der Waals surface area contributed by atoms with Gasteiger partial charge in [0.2, 0.25) is 0 Å². The lowest BCUT2D eigenvalue weighted by Crippen LogP contribution is -2.49. The Balaban J connectivity index is 1.35. The first-order chi connectivity index (χ1) is 13.7. The molecule has 1 aliphatic rings. The molecule has 144 valence electrons. The summed E-state index contributed by atoms with van der Waals surface area (Å²) in [4.78, 5) is 18.0. The average Bonchev–Trinajstić information content (AvgIpc) is 2.74. The number of para-hydroxylation sites is 1. The maximum absolute atomic E-state index is 14.7. The molecule has 2 aromatic carbocycles. The second kappa shape index (κ2) is 8.25. The van der Waals surface area contributed by atoms with E-state index in [4.69, 9.17) is 9.47 Å². The van der Waals surface area contributed by atoms with Gasteiger partial charge in [-0.1, -0.05) is 48.5 Å². The summed E-state index contributed by atoms with van der Waals surface area (Å²) in [6.45, 7) is 0.516. The van der Waals surface area contributed by atoms with Crippen molar-refractivity contribution in [2.75, 3.05) is 13.1 Å². The second-order valence-electron chi connectivity index (χ2n) is 6.78.